The summed E-state index contributed by atoms with van der Waals surface area (Å²) in [5, 5.41) is 20.7. The molecule has 0 amide bonds. The van der Waals surface area contributed by atoms with Crippen molar-refractivity contribution < 1.29 is 22.6 Å². The van der Waals surface area contributed by atoms with Gasteiger partial charge in [-0.15, -0.1) is 45.3 Å². The average molecular weight is 1910 g/mol. The van der Waals surface area contributed by atoms with Crippen LogP contribution in [0.4, 0.5) is 11.9 Å². The summed E-state index contributed by atoms with van der Waals surface area (Å²) in [7, 11) is -3.14. The molecule has 23 nitrogen and oxygen atoms in total. The number of morpholine rings is 3. The highest BCUT2D eigenvalue weighted by Crippen LogP contribution is 2.58. The largest absolute Gasteiger partial charge is 0.379 e. The second-order valence-electron chi connectivity index (χ2n) is 30.2. The van der Waals surface area contributed by atoms with E-state index in [-0.39, 0.29) is 10.6 Å². The van der Waals surface area contributed by atoms with Crippen LogP contribution in [0.3, 0.4) is 0 Å². The maximum Gasteiger partial charge on any atom is 0.226 e. The fourth-order valence-corrected chi connectivity index (χ4v) is 22.5. The first kappa shape index (κ1) is 82.8. The standard InChI is InChI=1S/C24H28N6O3S2.C18H15BrN4OS.C16H22N2.C14H7BrClN3S.C6HBrCl2N2S.C4H9NO/c1-35(31,32)30-7-5-28(6-8-30)15-18-16-34-23-21(18)26-24(29-9-11-33-12-10-29)27-22(23)19-4-2-3-17-13-25-14-20(17)19;19-14-10-25-17-15(12-3-1-2-11-8-20-9-13(11)12)21-18(22-16(14)17)23-4-6-24-7-5-23;1-15(2)8-11(9-16(15,3)4)12-6-5-7-14-13(12)10-17-18-14;15-10-6-20-13-11(18-14(16)19-12(10)13)8-3-1-2-7-4-17-5-9(7)8;7-2-1-12-4-3(2)10-6(9)11-5(4)8;1-3-6-4-2-5-1/h2-4,14,16H,5-13,15H2,1H3;1-3,9-10H,4-8H2;5-7,10-11H,8-9H2,1-4H3,(H,17,18);1-3,5-6H,4H2;1H;5H,1-4H2. The Balaban J connectivity index is 0.000000111. The van der Waals surface area contributed by atoms with E-state index in [1.54, 1.807) is 38.3 Å². The summed E-state index contributed by atoms with van der Waals surface area (Å²) in [4.78, 5) is 56.5. The first-order chi connectivity index (χ1) is 56.1. The summed E-state index contributed by atoms with van der Waals surface area (Å²) >= 11 is 34.5. The predicted molar refractivity (Wildman–Crippen MR) is 485 cm³/mol. The van der Waals surface area contributed by atoms with Gasteiger partial charge in [-0.3, -0.25) is 25.0 Å². The van der Waals surface area contributed by atoms with Gasteiger partial charge < -0.3 is 29.3 Å². The molecule has 16 heterocycles. The van der Waals surface area contributed by atoms with Crippen LogP contribution in [0.1, 0.15) is 91.0 Å². The van der Waals surface area contributed by atoms with Gasteiger partial charge in [0.2, 0.25) is 32.5 Å². The van der Waals surface area contributed by atoms with Crippen LogP contribution in [0.5, 0.6) is 0 Å². The number of hydrogen-bond acceptors (Lipinski definition) is 25. The molecule has 1 saturated carbocycles. The van der Waals surface area contributed by atoms with E-state index in [4.69, 9.17) is 68.9 Å². The number of aromatic amines is 1. The second kappa shape index (κ2) is 36.2. The lowest BCUT2D eigenvalue weighted by Gasteiger charge is -2.34. The molecule has 0 bridgehead atoms. The Labute approximate surface area is 728 Å². The third-order valence-corrected chi connectivity index (χ3v) is 30.9. The van der Waals surface area contributed by atoms with E-state index in [1.165, 1.54) is 63.6 Å². The zero-order chi connectivity index (χ0) is 80.4. The van der Waals surface area contributed by atoms with Gasteiger partial charge in [-0.05, 0) is 134 Å². The summed E-state index contributed by atoms with van der Waals surface area (Å²) < 4.78 is 48.3. The summed E-state index contributed by atoms with van der Waals surface area (Å²) in [5.74, 6) is 2.18. The van der Waals surface area contributed by atoms with Crippen molar-refractivity contribution in [2.24, 2.45) is 25.8 Å². The Hall–Kier alpha value is -6.86. The van der Waals surface area contributed by atoms with E-state index in [0.717, 1.165) is 207 Å². The van der Waals surface area contributed by atoms with Crippen LogP contribution in [0.15, 0.2) is 129 Å². The highest BCUT2D eigenvalue weighted by Gasteiger charge is 2.47. The van der Waals surface area contributed by atoms with Crippen LogP contribution in [0.25, 0.3) is 85.5 Å². The van der Waals surface area contributed by atoms with Gasteiger partial charge in [0.1, 0.15) is 16.6 Å². The van der Waals surface area contributed by atoms with Crippen LogP contribution in [0.2, 0.25) is 15.7 Å². The number of benzene rings is 4. The van der Waals surface area contributed by atoms with Crippen LogP contribution in [-0.2, 0) is 50.4 Å². The molecule has 13 aromatic rings. The molecule has 0 spiro atoms. The van der Waals surface area contributed by atoms with E-state index in [1.807, 2.05) is 41.7 Å². The average Bonchev–Trinajstić information content (AvgIpc) is 1.62. The van der Waals surface area contributed by atoms with Crippen molar-refractivity contribution in [3.63, 3.8) is 0 Å². The summed E-state index contributed by atoms with van der Waals surface area (Å²) in [6.07, 6.45) is 11.6. The number of aromatic nitrogens is 10. The Morgan fingerprint density at radius 2 is 0.948 bits per heavy atom. The van der Waals surface area contributed by atoms with Crippen molar-refractivity contribution in [3.05, 3.63) is 174 Å². The van der Waals surface area contributed by atoms with Gasteiger partial charge in [0, 0.05) is 151 Å². The second-order valence-corrected chi connectivity index (χ2v) is 39.3. The fraction of sp³-hybridized carbons (Fsp3) is 0.366. The molecule has 21 rings (SSSR count). The fourth-order valence-electron chi connectivity index (χ4n) is 15.4. The highest BCUT2D eigenvalue weighted by atomic mass is 79.9. The predicted octanol–water partition coefficient (Wildman–Crippen LogP) is 18.7. The number of ether oxygens (including phenoxy) is 3. The third kappa shape index (κ3) is 18.1. The molecule has 0 radical (unpaired) electrons. The minimum atomic E-state index is -3.14. The quantitative estimate of drug-likeness (QED) is 0.101. The Morgan fingerprint density at radius 1 is 0.509 bits per heavy atom. The van der Waals surface area contributed by atoms with Crippen molar-refractivity contribution in [3.8, 4) is 33.8 Å². The molecule has 116 heavy (non-hydrogen) atoms. The molecule has 2 N–H and O–H groups in total. The van der Waals surface area contributed by atoms with Crippen molar-refractivity contribution in [1.82, 2.24) is 64.6 Å². The number of nitrogens with one attached hydrogen (secondary N) is 2. The van der Waals surface area contributed by atoms with E-state index in [9.17, 15) is 8.42 Å². The zero-order valence-corrected chi connectivity index (χ0v) is 75.3. The lowest BCUT2D eigenvalue weighted by molar-refractivity contribution is 0.109. The number of piperazine rings is 1. The maximum absolute atomic E-state index is 11.9. The first-order valence-corrected chi connectivity index (χ1v) is 47.0. The lowest BCUT2D eigenvalue weighted by Crippen LogP contribution is -2.47. The van der Waals surface area contributed by atoms with Crippen LogP contribution < -0.4 is 15.1 Å². The number of hydrogen-bond donors (Lipinski definition) is 2. The molecule has 8 aliphatic rings. The van der Waals surface area contributed by atoms with Gasteiger partial charge in [-0.1, -0.05) is 106 Å². The zero-order valence-electron chi connectivity index (χ0n) is 64.2. The monoisotopic (exact) mass is 1900 g/mol. The number of halogens is 6. The molecule has 1 aliphatic carbocycles. The number of thiophene rings is 4. The van der Waals surface area contributed by atoms with Gasteiger partial charge >= 0.3 is 0 Å². The van der Waals surface area contributed by atoms with Gasteiger partial charge in [0.15, 0.2) is 5.15 Å². The normalized spacial score (nSPS) is 17.6. The molecular formula is C82H82Br3Cl3N18O5S5. The molecule has 5 fully saturated rings. The number of rotatable bonds is 9. The summed E-state index contributed by atoms with van der Waals surface area (Å²) in [6.45, 7) is 24.8. The number of anilines is 2. The Bertz CT molecular complexity index is 5990. The molecule has 4 aromatic carbocycles. The van der Waals surface area contributed by atoms with E-state index < -0.39 is 10.0 Å². The minimum Gasteiger partial charge on any atom is -0.379 e. The Kier molecular flexibility index (Phi) is 25.9. The summed E-state index contributed by atoms with van der Waals surface area (Å²) in [6, 6.07) is 25.4. The number of nitrogens with zero attached hydrogens (tertiary/aromatic N) is 16. The molecular weight excluding hydrogens is 1820 g/mol. The van der Waals surface area contributed by atoms with Gasteiger partial charge in [-0.2, -0.15) is 9.40 Å². The van der Waals surface area contributed by atoms with Crippen molar-refractivity contribution in [2.75, 3.05) is 121 Å². The van der Waals surface area contributed by atoms with Gasteiger partial charge in [-0.25, -0.2) is 48.3 Å². The number of aliphatic imine (C=N–C) groups is 3. The molecule has 9 aromatic heterocycles. The van der Waals surface area contributed by atoms with Crippen molar-refractivity contribution in [2.45, 2.75) is 72.6 Å². The molecule has 0 atom stereocenters. The van der Waals surface area contributed by atoms with Crippen LogP contribution >= 0.6 is 128 Å². The van der Waals surface area contributed by atoms with E-state index >= 15 is 0 Å². The van der Waals surface area contributed by atoms with Crippen LogP contribution in [0, 0.1) is 10.8 Å². The maximum atomic E-state index is 11.9. The van der Waals surface area contributed by atoms with Crippen molar-refractivity contribution >= 4 is 220 Å². The smallest absolute Gasteiger partial charge is 0.226 e. The minimum absolute atomic E-state index is 0.173. The van der Waals surface area contributed by atoms with Crippen molar-refractivity contribution in [1.29, 1.82) is 0 Å². The van der Waals surface area contributed by atoms with Gasteiger partial charge in [0.05, 0.1) is 132 Å². The molecule has 34 heteroatoms. The Morgan fingerprint density at radius 3 is 1.44 bits per heavy atom. The summed E-state index contributed by atoms with van der Waals surface area (Å²) in [5.41, 5.74) is 21.5. The van der Waals surface area contributed by atoms with E-state index in [2.05, 4.69) is 218 Å². The molecule has 602 valence electrons. The topological polar surface area (TPSA) is 256 Å². The highest BCUT2D eigenvalue weighted by molar-refractivity contribution is 9.11. The number of H-pyrrole nitrogens is 1. The number of fused-ring (bicyclic) bond motifs is 8. The number of sulfonamides is 1. The SMILES string of the molecule is Brc1csc2c(-c3cccc4c3C=NC4)nc(N3CCOCC3)nc12.C1COCCN1.CC1(C)CC(c2cccc3[nH]ncc23)CC1(C)C.CS(=O)(=O)N1CCN(Cc2csc3c(-c4cccc5c4C=NC5)nc(N4CCOCC4)nc23)CC1.Clc1nc(-c2cccc3c2C=NC3)c2scc(Br)c2n1.Clc1nc(Cl)c2scc(Br)c2n1. The first-order valence-electron chi connectivity index (χ1n) is 38.1. The lowest BCUT2D eigenvalue weighted by atomic mass is 9.71. The molecule has 0 unspecified atom stereocenters. The molecule has 7 aliphatic heterocycles. The van der Waals surface area contributed by atoms with Gasteiger partial charge in [0.25, 0.3) is 0 Å². The third-order valence-electron chi connectivity index (χ3n) is 22.2. The molecule has 4 saturated heterocycles. The van der Waals surface area contributed by atoms with E-state index in [0.29, 0.717) is 67.8 Å². The van der Waals surface area contributed by atoms with Crippen LogP contribution in [-0.4, -0.2) is 198 Å².